The van der Waals surface area contributed by atoms with Gasteiger partial charge in [-0.2, -0.15) is 0 Å². The Morgan fingerprint density at radius 3 is 2.25 bits per heavy atom. The van der Waals surface area contributed by atoms with Crippen molar-refractivity contribution in [3.8, 4) is 0 Å². The quantitative estimate of drug-likeness (QED) is 0.454. The molecule has 1 aliphatic heterocycles. The maximum absolute atomic E-state index is 12.0. The summed E-state index contributed by atoms with van der Waals surface area (Å²) in [6, 6.07) is 0. The van der Waals surface area contributed by atoms with E-state index in [1.54, 1.807) is 4.90 Å². The molecule has 1 heterocycles. The third-order valence-corrected chi connectivity index (χ3v) is 3.53. The fraction of sp³-hybridized carbons (Fsp3) is 0.882. The molecule has 1 saturated heterocycles. The summed E-state index contributed by atoms with van der Waals surface area (Å²) >= 11 is 0. The lowest BCUT2D eigenvalue weighted by atomic mass is 10.2. The van der Waals surface area contributed by atoms with Crippen LogP contribution in [0.4, 0.5) is 4.79 Å². The van der Waals surface area contributed by atoms with Crippen LogP contribution in [0.1, 0.15) is 47.5 Å². The maximum atomic E-state index is 12.0. The Bertz CT molecular complexity index is 411. The second kappa shape index (κ2) is 9.71. The summed E-state index contributed by atoms with van der Waals surface area (Å²) in [6.45, 7) is 13.7. The van der Waals surface area contributed by atoms with E-state index in [9.17, 15) is 4.79 Å². The number of hydrogen-bond acceptors (Lipinski definition) is 4. The zero-order valence-corrected chi connectivity index (χ0v) is 15.9. The molecule has 1 rings (SSSR count). The van der Waals surface area contributed by atoms with Crippen LogP contribution in [0.2, 0.25) is 0 Å². The topological polar surface area (TPSA) is 80.4 Å². The van der Waals surface area contributed by atoms with E-state index >= 15 is 0 Å². The van der Waals surface area contributed by atoms with E-state index in [4.69, 9.17) is 15.2 Å². The van der Waals surface area contributed by atoms with E-state index in [0.717, 1.165) is 19.4 Å². The highest BCUT2D eigenvalue weighted by Gasteiger charge is 2.26. The van der Waals surface area contributed by atoms with Gasteiger partial charge >= 0.3 is 6.09 Å². The molecule has 1 amide bonds. The minimum atomic E-state index is -0.464. The zero-order chi connectivity index (χ0) is 18.2. The highest BCUT2D eigenvalue weighted by atomic mass is 16.6. The highest BCUT2D eigenvalue weighted by Crippen LogP contribution is 2.11. The summed E-state index contributed by atoms with van der Waals surface area (Å²) in [6.07, 6.45) is 1.97. The third-order valence-electron chi connectivity index (χ3n) is 3.53. The van der Waals surface area contributed by atoms with Gasteiger partial charge in [0.15, 0.2) is 5.96 Å². The lowest BCUT2D eigenvalue weighted by Crippen LogP contribution is -2.53. The van der Waals surface area contributed by atoms with Crippen molar-refractivity contribution in [3.63, 3.8) is 0 Å². The molecule has 1 aliphatic rings. The van der Waals surface area contributed by atoms with Gasteiger partial charge in [-0.1, -0.05) is 0 Å². The van der Waals surface area contributed by atoms with Gasteiger partial charge in [0, 0.05) is 39.3 Å². The molecule has 0 unspecified atom stereocenters. The molecular formula is C17H34N4O3. The van der Waals surface area contributed by atoms with Crippen molar-refractivity contribution in [1.29, 1.82) is 0 Å². The van der Waals surface area contributed by atoms with Crippen LogP contribution in [0, 0.1) is 0 Å². The number of amides is 1. The lowest BCUT2D eigenvalue weighted by Gasteiger charge is -2.36. The minimum absolute atomic E-state index is 0.261. The number of nitrogens with zero attached hydrogens (tertiary/aromatic N) is 3. The first-order valence-corrected chi connectivity index (χ1v) is 8.83. The fourth-order valence-corrected chi connectivity index (χ4v) is 2.27. The summed E-state index contributed by atoms with van der Waals surface area (Å²) in [5.74, 6) is 0.559. The number of carbonyl (C=O) groups excluding carboxylic acids is 1. The van der Waals surface area contributed by atoms with Gasteiger partial charge in [-0.05, 0) is 47.5 Å². The van der Waals surface area contributed by atoms with Gasteiger partial charge in [0.2, 0.25) is 0 Å². The molecule has 1 fully saturated rings. The van der Waals surface area contributed by atoms with E-state index in [0.29, 0.717) is 38.7 Å². The number of guanidine groups is 1. The molecule has 0 saturated carbocycles. The van der Waals surface area contributed by atoms with Gasteiger partial charge in [-0.25, -0.2) is 4.79 Å². The van der Waals surface area contributed by atoms with Crippen molar-refractivity contribution in [2.24, 2.45) is 10.7 Å². The monoisotopic (exact) mass is 342 g/mol. The predicted molar refractivity (Wildman–Crippen MR) is 96.2 cm³/mol. The van der Waals surface area contributed by atoms with Crippen LogP contribution in [0.3, 0.4) is 0 Å². The number of unbranched alkanes of at least 4 members (excludes halogenated alkanes) is 1. The van der Waals surface area contributed by atoms with Crippen molar-refractivity contribution >= 4 is 12.1 Å². The van der Waals surface area contributed by atoms with Crippen molar-refractivity contribution < 1.29 is 14.3 Å². The molecule has 0 aliphatic carbocycles. The van der Waals surface area contributed by atoms with E-state index in [-0.39, 0.29) is 12.2 Å². The number of carbonyl (C=O) groups is 1. The summed E-state index contributed by atoms with van der Waals surface area (Å²) in [4.78, 5) is 20.2. The van der Waals surface area contributed by atoms with Crippen LogP contribution in [0.25, 0.3) is 0 Å². The standard InChI is InChI=1S/C17H34N4O3/c1-14(2)23-13-7-6-8-19-15(18)20-9-11-21(12-10-20)16(22)24-17(3,4)5/h14H,6-13H2,1-5H3,(H2,18,19). The van der Waals surface area contributed by atoms with E-state index in [1.807, 2.05) is 39.5 Å². The number of hydrogen-bond donors (Lipinski definition) is 1. The molecule has 0 spiro atoms. The van der Waals surface area contributed by atoms with Crippen molar-refractivity contribution in [2.45, 2.75) is 59.2 Å². The maximum Gasteiger partial charge on any atom is 0.410 e. The molecule has 7 nitrogen and oxygen atoms in total. The molecule has 2 N–H and O–H groups in total. The van der Waals surface area contributed by atoms with Crippen molar-refractivity contribution in [2.75, 3.05) is 39.3 Å². The Balaban J connectivity index is 2.26. The fourth-order valence-electron chi connectivity index (χ4n) is 2.27. The Morgan fingerprint density at radius 2 is 1.71 bits per heavy atom. The Hall–Kier alpha value is -1.50. The lowest BCUT2D eigenvalue weighted by molar-refractivity contribution is 0.0186. The molecule has 0 aromatic heterocycles. The Labute approximate surface area is 146 Å². The predicted octanol–water partition coefficient (Wildman–Crippen LogP) is 2.06. The molecule has 0 bridgehead atoms. The summed E-state index contributed by atoms with van der Waals surface area (Å²) in [5, 5.41) is 0. The van der Waals surface area contributed by atoms with E-state index in [1.165, 1.54) is 0 Å². The van der Waals surface area contributed by atoms with Crippen LogP contribution in [0.5, 0.6) is 0 Å². The minimum Gasteiger partial charge on any atom is -0.444 e. The number of rotatable bonds is 6. The Morgan fingerprint density at radius 1 is 1.12 bits per heavy atom. The molecule has 7 heteroatoms. The average Bonchev–Trinajstić information content (AvgIpc) is 2.48. The molecule has 0 aromatic carbocycles. The van der Waals surface area contributed by atoms with Gasteiger partial charge in [-0.3, -0.25) is 4.99 Å². The van der Waals surface area contributed by atoms with E-state index < -0.39 is 5.60 Å². The second-order valence-electron chi connectivity index (χ2n) is 7.32. The molecule has 140 valence electrons. The third kappa shape index (κ3) is 8.38. The largest absolute Gasteiger partial charge is 0.444 e. The van der Waals surface area contributed by atoms with Crippen LogP contribution < -0.4 is 5.73 Å². The normalized spacial score (nSPS) is 16.7. The van der Waals surface area contributed by atoms with Crippen molar-refractivity contribution in [3.05, 3.63) is 0 Å². The SMILES string of the molecule is CC(C)OCCCCN=C(N)N1CCN(C(=O)OC(C)(C)C)CC1. The number of nitrogens with two attached hydrogens (primary N) is 1. The van der Waals surface area contributed by atoms with Gasteiger partial charge in [0.25, 0.3) is 0 Å². The van der Waals surface area contributed by atoms with Crippen LogP contribution in [-0.2, 0) is 9.47 Å². The van der Waals surface area contributed by atoms with Crippen molar-refractivity contribution in [1.82, 2.24) is 9.80 Å². The molecular weight excluding hydrogens is 308 g/mol. The molecule has 0 radical (unpaired) electrons. The number of ether oxygens (including phenoxy) is 2. The zero-order valence-electron chi connectivity index (χ0n) is 15.9. The van der Waals surface area contributed by atoms with Gasteiger partial charge in [-0.15, -0.1) is 0 Å². The second-order valence-corrected chi connectivity index (χ2v) is 7.32. The molecule has 0 aromatic rings. The summed E-state index contributed by atoms with van der Waals surface area (Å²) in [5.41, 5.74) is 5.58. The Kier molecular flexibility index (Phi) is 8.31. The van der Waals surface area contributed by atoms with Crippen LogP contribution in [-0.4, -0.2) is 72.9 Å². The molecule has 0 atom stereocenters. The van der Waals surface area contributed by atoms with Gasteiger partial charge in [0.1, 0.15) is 5.60 Å². The van der Waals surface area contributed by atoms with Crippen LogP contribution in [0.15, 0.2) is 4.99 Å². The number of piperazine rings is 1. The smallest absolute Gasteiger partial charge is 0.410 e. The average molecular weight is 342 g/mol. The van der Waals surface area contributed by atoms with Crippen LogP contribution >= 0.6 is 0 Å². The summed E-state index contributed by atoms with van der Waals surface area (Å²) < 4.78 is 10.9. The molecule has 24 heavy (non-hydrogen) atoms. The summed E-state index contributed by atoms with van der Waals surface area (Å²) in [7, 11) is 0. The van der Waals surface area contributed by atoms with Gasteiger partial charge in [0.05, 0.1) is 6.10 Å². The number of aliphatic imine (C=N–C) groups is 1. The highest BCUT2D eigenvalue weighted by molar-refractivity contribution is 5.78. The van der Waals surface area contributed by atoms with Gasteiger partial charge < -0.3 is 25.0 Å². The first-order valence-electron chi connectivity index (χ1n) is 8.83. The first kappa shape index (κ1) is 20.5. The first-order chi connectivity index (χ1) is 11.2. The van der Waals surface area contributed by atoms with E-state index in [2.05, 4.69) is 4.99 Å².